The number of quaternary nitrogens is 1. The normalized spacial score (nSPS) is 25.1. The molecule has 2 amide bonds. The van der Waals surface area contributed by atoms with Crippen LogP contribution in [0.25, 0.3) is 11.3 Å². The zero-order valence-electron chi connectivity index (χ0n) is 17.3. The highest BCUT2D eigenvalue weighted by Crippen LogP contribution is 2.28. The van der Waals surface area contributed by atoms with E-state index in [0.717, 1.165) is 43.7 Å². The number of fused-ring (bicyclic) bond motifs is 3. The third kappa shape index (κ3) is 4.62. The second-order valence-corrected chi connectivity index (χ2v) is 8.43. The number of piperidine rings is 3. The number of amides is 2. The van der Waals surface area contributed by atoms with Crippen LogP contribution < -0.4 is 21.3 Å². The molecule has 0 aliphatic carbocycles. The molecule has 160 valence electrons. The lowest BCUT2D eigenvalue weighted by atomic mass is 9.75. The minimum absolute atomic E-state index is 0.0564. The summed E-state index contributed by atoms with van der Waals surface area (Å²) in [6.07, 6.45) is 4.08. The van der Waals surface area contributed by atoms with Gasteiger partial charge in [-0.2, -0.15) is 0 Å². The molecule has 3 fully saturated rings. The summed E-state index contributed by atoms with van der Waals surface area (Å²) in [6.45, 7) is 5.19. The van der Waals surface area contributed by atoms with E-state index in [4.69, 9.17) is 5.73 Å². The van der Waals surface area contributed by atoms with Gasteiger partial charge in [-0.3, -0.25) is 9.59 Å². The summed E-state index contributed by atoms with van der Waals surface area (Å²) in [5.41, 5.74) is 8.38. The van der Waals surface area contributed by atoms with E-state index in [-0.39, 0.29) is 17.7 Å². The Bertz CT molecular complexity index is 912. The molecule has 5 rings (SSSR count). The molecule has 0 saturated carbocycles. The van der Waals surface area contributed by atoms with E-state index in [1.54, 1.807) is 0 Å². The van der Waals surface area contributed by atoms with Gasteiger partial charge in [-0.1, -0.05) is 17.3 Å². The molecule has 2 aromatic rings. The SMILES string of the molecule is CC(=O)NCCNC(=O)[C@H]1C[NH+]2CC[C@H]1C[C@@H]2Cn1cc(-c2cccc(N)c2)nn1. The number of nitrogens with one attached hydrogen (secondary N) is 3. The van der Waals surface area contributed by atoms with Crippen molar-refractivity contribution >= 4 is 17.5 Å². The quantitative estimate of drug-likeness (QED) is 0.346. The number of carbonyl (C=O) groups is 2. The third-order valence-corrected chi connectivity index (χ3v) is 6.32. The van der Waals surface area contributed by atoms with Crippen molar-refractivity contribution in [2.45, 2.75) is 32.4 Å². The number of benzene rings is 1. The van der Waals surface area contributed by atoms with Crippen LogP contribution in [-0.2, 0) is 16.1 Å². The monoisotopic (exact) mass is 412 g/mol. The summed E-state index contributed by atoms with van der Waals surface area (Å²) in [7, 11) is 0. The second-order valence-electron chi connectivity index (χ2n) is 8.43. The minimum atomic E-state index is -0.0774. The van der Waals surface area contributed by atoms with Crippen LogP contribution in [0, 0.1) is 11.8 Å². The first kappa shape index (κ1) is 20.3. The van der Waals surface area contributed by atoms with Gasteiger partial charge in [0, 0.05) is 44.1 Å². The van der Waals surface area contributed by atoms with E-state index in [2.05, 4.69) is 20.9 Å². The van der Waals surface area contributed by atoms with Crippen molar-refractivity contribution in [1.82, 2.24) is 25.6 Å². The zero-order valence-corrected chi connectivity index (χ0v) is 17.3. The summed E-state index contributed by atoms with van der Waals surface area (Å²) in [4.78, 5) is 25.0. The maximum Gasteiger partial charge on any atom is 0.229 e. The first-order valence-corrected chi connectivity index (χ1v) is 10.6. The van der Waals surface area contributed by atoms with Crippen LogP contribution in [0.5, 0.6) is 0 Å². The third-order valence-electron chi connectivity index (χ3n) is 6.32. The van der Waals surface area contributed by atoms with Gasteiger partial charge in [0.05, 0.1) is 31.7 Å². The van der Waals surface area contributed by atoms with Crippen molar-refractivity contribution in [1.29, 1.82) is 0 Å². The molecule has 9 heteroatoms. The number of anilines is 1. The van der Waals surface area contributed by atoms with Crippen LogP contribution in [0.4, 0.5) is 5.69 Å². The summed E-state index contributed by atoms with van der Waals surface area (Å²) >= 11 is 0. The average molecular weight is 413 g/mol. The topological polar surface area (TPSA) is 119 Å². The Hall–Kier alpha value is -2.94. The van der Waals surface area contributed by atoms with Crippen LogP contribution in [0.3, 0.4) is 0 Å². The van der Waals surface area contributed by atoms with Crippen LogP contribution in [0.2, 0.25) is 0 Å². The number of nitrogens with zero attached hydrogens (tertiary/aromatic N) is 3. The highest BCUT2D eigenvalue weighted by molar-refractivity contribution is 5.79. The van der Waals surface area contributed by atoms with Gasteiger partial charge in [0.1, 0.15) is 11.7 Å². The second kappa shape index (κ2) is 8.83. The van der Waals surface area contributed by atoms with Crippen molar-refractivity contribution in [3.63, 3.8) is 0 Å². The van der Waals surface area contributed by atoms with Crippen molar-refractivity contribution in [3.8, 4) is 11.3 Å². The molecule has 3 aliphatic heterocycles. The number of hydrogen-bond acceptors (Lipinski definition) is 5. The summed E-state index contributed by atoms with van der Waals surface area (Å²) in [5, 5.41) is 14.3. The minimum Gasteiger partial charge on any atom is -0.399 e. The van der Waals surface area contributed by atoms with Crippen LogP contribution >= 0.6 is 0 Å². The predicted molar refractivity (Wildman–Crippen MR) is 112 cm³/mol. The summed E-state index contributed by atoms with van der Waals surface area (Å²) < 4.78 is 1.92. The Morgan fingerprint density at radius 1 is 1.30 bits per heavy atom. The van der Waals surface area contributed by atoms with E-state index in [9.17, 15) is 9.59 Å². The lowest BCUT2D eigenvalue weighted by molar-refractivity contribution is -0.945. The number of nitrogen functional groups attached to an aromatic ring is 1. The molecule has 1 aromatic heterocycles. The van der Waals surface area contributed by atoms with Gasteiger partial charge < -0.3 is 21.3 Å². The largest absolute Gasteiger partial charge is 0.399 e. The standard InChI is InChI=1S/C21H29N7O2/c1-14(29)23-6-7-24-21(30)19-12-27-8-5-15(19)10-18(27)11-28-13-20(25-26-28)16-3-2-4-17(22)9-16/h2-4,9,13,15,18-19H,5-8,10-12,22H2,1H3,(H,23,29)(H,24,30)/p+1/t15-,18+,19-/m0/s1. The molecular weight excluding hydrogens is 382 g/mol. The Labute approximate surface area is 176 Å². The lowest BCUT2D eigenvalue weighted by Gasteiger charge is -2.46. The van der Waals surface area contributed by atoms with Gasteiger partial charge in [-0.25, -0.2) is 4.68 Å². The first-order valence-electron chi connectivity index (χ1n) is 10.6. The van der Waals surface area contributed by atoms with Gasteiger partial charge in [-0.05, 0) is 18.1 Å². The fraction of sp³-hybridized carbons (Fsp3) is 0.524. The highest BCUT2D eigenvalue weighted by atomic mass is 16.2. The van der Waals surface area contributed by atoms with E-state index < -0.39 is 0 Å². The molecule has 0 radical (unpaired) electrons. The van der Waals surface area contributed by atoms with Gasteiger partial charge >= 0.3 is 0 Å². The number of hydrogen-bond donors (Lipinski definition) is 4. The molecule has 3 saturated heterocycles. The fourth-order valence-corrected chi connectivity index (χ4v) is 4.82. The van der Waals surface area contributed by atoms with Crippen LogP contribution in [-0.4, -0.2) is 59.0 Å². The Kier molecular flexibility index (Phi) is 5.98. The molecule has 0 spiro atoms. The molecule has 9 nitrogen and oxygen atoms in total. The van der Waals surface area contributed by atoms with E-state index >= 15 is 0 Å². The molecule has 2 bridgehead atoms. The molecule has 1 unspecified atom stereocenters. The van der Waals surface area contributed by atoms with Gasteiger partial charge in [0.2, 0.25) is 11.8 Å². The molecule has 3 aliphatic rings. The smallest absolute Gasteiger partial charge is 0.229 e. The number of nitrogens with two attached hydrogens (primary N) is 1. The van der Waals surface area contributed by atoms with Crippen molar-refractivity contribution in [2.24, 2.45) is 11.8 Å². The Morgan fingerprint density at radius 2 is 2.13 bits per heavy atom. The molecule has 4 heterocycles. The van der Waals surface area contributed by atoms with Gasteiger partial charge in [-0.15, -0.1) is 5.10 Å². The highest BCUT2D eigenvalue weighted by Gasteiger charge is 2.46. The number of carbonyl (C=O) groups excluding carboxylic acids is 2. The van der Waals surface area contributed by atoms with Crippen LogP contribution in [0.15, 0.2) is 30.5 Å². The maximum absolute atomic E-state index is 12.6. The average Bonchev–Trinajstić information content (AvgIpc) is 3.20. The maximum atomic E-state index is 12.6. The van der Waals surface area contributed by atoms with E-state index in [0.29, 0.717) is 30.7 Å². The fourth-order valence-electron chi connectivity index (χ4n) is 4.82. The molecule has 30 heavy (non-hydrogen) atoms. The summed E-state index contributed by atoms with van der Waals surface area (Å²) in [5.74, 6) is 0.503. The van der Waals surface area contributed by atoms with Crippen LogP contribution in [0.1, 0.15) is 19.8 Å². The molecule has 5 N–H and O–H groups in total. The van der Waals surface area contributed by atoms with E-state index in [1.807, 2.05) is 35.1 Å². The molecule has 1 aromatic carbocycles. The molecular formula is C21H30N7O2+. The summed E-state index contributed by atoms with van der Waals surface area (Å²) in [6, 6.07) is 8.11. The van der Waals surface area contributed by atoms with Crippen molar-refractivity contribution < 1.29 is 14.5 Å². The van der Waals surface area contributed by atoms with Gasteiger partial charge in [0.15, 0.2) is 0 Å². The first-order chi connectivity index (χ1) is 14.5. The number of aromatic nitrogens is 3. The predicted octanol–water partition coefficient (Wildman–Crippen LogP) is -0.927. The molecule has 4 atom stereocenters. The lowest BCUT2D eigenvalue weighted by Crippen LogP contribution is -3.20. The Balaban J connectivity index is 1.32. The van der Waals surface area contributed by atoms with E-state index in [1.165, 1.54) is 11.8 Å². The van der Waals surface area contributed by atoms with Gasteiger partial charge in [0.25, 0.3) is 0 Å². The van der Waals surface area contributed by atoms with Crippen molar-refractivity contribution in [2.75, 3.05) is 31.9 Å². The van der Waals surface area contributed by atoms with Crippen molar-refractivity contribution in [3.05, 3.63) is 30.5 Å². The number of rotatable bonds is 7. The Morgan fingerprint density at radius 3 is 2.87 bits per heavy atom. The zero-order chi connectivity index (χ0) is 21.1.